The van der Waals surface area contributed by atoms with Gasteiger partial charge in [-0.2, -0.15) is 0 Å². The lowest BCUT2D eigenvalue weighted by Crippen LogP contribution is -1.80. The Balaban J connectivity index is 0.000000171. The molecule has 2 aromatic heterocycles. The van der Waals surface area contributed by atoms with Crippen LogP contribution < -0.4 is 0 Å². The molecule has 7 heteroatoms. The van der Waals surface area contributed by atoms with Crippen molar-refractivity contribution in [1.82, 2.24) is 9.97 Å². The molecule has 0 N–H and O–H groups in total. The van der Waals surface area contributed by atoms with Gasteiger partial charge in [0.25, 0.3) is 0 Å². The zero-order valence-corrected chi connectivity index (χ0v) is 13.4. The van der Waals surface area contributed by atoms with Gasteiger partial charge in [0.2, 0.25) is 0 Å². The second-order valence-electron chi connectivity index (χ2n) is 2.71. The highest BCUT2D eigenvalue weighted by molar-refractivity contribution is 14.1. The molecule has 2 heterocycles. The summed E-state index contributed by atoms with van der Waals surface area (Å²) >= 11 is 24.1. The molecular formula is C10H5Cl4IN2. The summed E-state index contributed by atoms with van der Waals surface area (Å²) in [6.45, 7) is 0. The summed E-state index contributed by atoms with van der Waals surface area (Å²) in [5, 5.41) is 2.19. The Morgan fingerprint density at radius 1 is 0.882 bits per heavy atom. The van der Waals surface area contributed by atoms with Crippen LogP contribution in [0.5, 0.6) is 0 Å². The zero-order valence-electron chi connectivity index (χ0n) is 8.17. The summed E-state index contributed by atoms with van der Waals surface area (Å²) in [6.07, 6.45) is 1.50. The molecule has 0 fully saturated rings. The van der Waals surface area contributed by atoms with Crippen LogP contribution in [-0.2, 0) is 0 Å². The van der Waals surface area contributed by atoms with Crippen molar-refractivity contribution >= 4 is 69.0 Å². The molecule has 2 rings (SSSR count). The van der Waals surface area contributed by atoms with E-state index in [2.05, 4.69) is 9.97 Å². The lowest BCUT2D eigenvalue weighted by atomic mass is 10.5. The quantitative estimate of drug-likeness (QED) is 0.421. The molecule has 0 amide bonds. The average molecular weight is 422 g/mol. The fourth-order valence-electron chi connectivity index (χ4n) is 0.753. The van der Waals surface area contributed by atoms with Crippen LogP contribution >= 0.6 is 69.0 Å². The highest BCUT2D eigenvalue weighted by Gasteiger charge is 1.96. The maximum Gasteiger partial charge on any atom is 0.130 e. The van der Waals surface area contributed by atoms with Crippen LogP contribution in [-0.4, -0.2) is 9.97 Å². The van der Waals surface area contributed by atoms with Crippen molar-refractivity contribution in [3.05, 3.63) is 54.5 Å². The summed E-state index contributed by atoms with van der Waals surface area (Å²) in [4.78, 5) is 7.61. The minimum absolute atomic E-state index is 0.467. The highest BCUT2D eigenvalue weighted by Crippen LogP contribution is 2.17. The monoisotopic (exact) mass is 420 g/mol. The van der Waals surface area contributed by atoms with Crippen molar-refractivity contribution in [3.8, 4) is 0 Å². The highest BCUT2D eigenvalue weighted by atomic mass is 127. The van der Waals surface area contributed by atoms with Crippen LogP contribution in [0.2, 0.25) is 20.4 Å². The predicted molar refractivity (Wildman–Crippen MR) is 81.2 cm³/mol. The standard InChI is InChI=1S/C5H2Cl2IN.C5H3Cl2N/c6-3-1-2-4(7)9-5(3)8;6-4-1-2-5(7)8-3-4/h1-2H;1-3H. The van der Waals surface area contributed by atoms with Crippen molar-refractivity contribution < 1.29 is 0 Å². The van der Waals surface area contributed by atoms with Gasteiger partial charge in [0.05, 0.1) is 10.0 Å². The number of hydrogen-bond donors (Lipinski definition) is 0. The van der Waals surface area contributed by atoms with Crippen LogP contribution in [0.15, 0.2) is 30.5 Å². The molecule has 90 valence electrons. The predicted octanol–water partition coefficient (Wildman–Crippen LogP) is 5.38. The van der Waals surface area contributed by atoms with Gasteiger partial charge < -0.3 is 0 Å². The van der Waals surface area contributed by atoms with Gasteiger partial charge in [-0.3, -0.25) is 0 Å². The summed E-state index contributed by atoms with van der Waals surface area (Å²) < 4.78 is 0.738. The number of hydrogen-bond acceptors (Lipinski definition) is 2. The van der Waals surface area contributed by atoms with Gasteiger partial charge >= 0.3 is 0 Å². The molecule has 0 bridgehead atoms. The topological polar surface area (TPSA) is 25.8 Å². The van der Waals surface area contributed by atoms with Crippen LogP contribution in [0.4, 0.5) is 0 Å². The minimum Gasteiger partial charge on any atom is -0.243 e. The molecule has 0 aliphatic rings. The maximum absolute atomic E-state index is 5.65. The maximum atomic E-state index is 5.65. The Hall–Kier alpha value is 0.190. The van der Waals surface area contributed by atoms with Gasteiger partial charge in [-0.25, -0.2) is 9.97 Å². The minimum atomic E-state index is 0.467. The smallest absolute Gasteiger partial charge is 0.130 e. The fraction of sp³-hybridized carbons (Fsp3) is 0. The van der Waals surface area contributed by atoms with E-state index in [-0.39, 0.29) is 0 Å². The van der Waals surface area contributed by atoms with E-state index in [9.17, 15) is 0 Å². The van der Waals surface area contributed by atoms with Crippen molar-refractivity contribution in [1.29, 1.82) is 0 Å². The van der Waals surface area contributed by atoms with Gasteiger partial charge in [-0.05, 0) is 46.9 Å². The lowest BCUT2D eigenvalue weighted by Gasteiger charge is -1.92. The third-order valence-corrected chi connectivity index (χ3v) is 3.56. The fourth-order valence-corrected chi connectivity index (χ4v) is 1.81. The van der Waals surface area contributed by atoms with E-state index in [1.807, 2.05) is 22.6 Å². The third kappa shape index (κ3) is 6.06. The molecule has 0 unspecified atom stereocenters. The second-order valence-corrected chi connectivity index (χ2v) is 5.35. The van der Waals surface area contributed by atoms with E-state index in [1.165, 1.54) is 6.20 Å². The van der Waals surface area contributed by atoms with E-state index < -0.39 is 0 Å². The molecule has 0 saturated heterocycles. The van der Waals surface area contributed by atoms with E-state index in [0.29, 0.717) is 20.4 Å². The zero-order chi connectivity index (χ0) is 12.8. The Morgan fingerprint density at radius 3 is 1.94 bits per heavy atom. The first-order valence-corrected chi connectivity index (χ1v) is 6.82. The number of pyridine rings is 2. The Kier molecular flexibility index (Phi) is 6.80. The SMILES string of the molecule is Clc1ccc(Cl)c(I)n1.Clc1ccc(Cl)nc1. The summed E-state index contributed by atoms with van der Waals surface area (Å²) in [5.74, 6) is 0. The van der Waals surface area contributed by atoms with Crippen LogP contribution in [0, 0.1) is 3.70 Å². The largest absolute Gasteiger partial charge is 0.243 e. The molecule has 0 aliphatic carbocycles. The molecule has 0 radical (unpaired) electrons. The number of nitrogens with zero attached hydrogens (tertiary/aromatic N) is 2. The van der Waals surface area contributed by atoms with Crippen LogP contribution in [0.1, 0.15) is 0 Å². The summed E-state index contributed by atoms with van der Waals surface area (Å²) in [5.41, 5.74) is 0. The molecule has 2 aromatic rings. The van der Waals surface area contributed by atoms with Crippen LogP contribution in [0.3, 0.4) is 0 Å². The third-order valence-electron chi connectivity index (χ3n) is 1.46. The number of halogens is 5. The Labute approximate surface area is 132 Å². The van der Waals surface area contributed by atoms with E-state index >= 15 is 0 Å². The van der Waals surface area contributed by atoms with Gasteiger partial charge in [0, 0.05) is 6.20 Å². The molecule has 0 atom stereocenters. The van der Waals surface area contributed by atoms with Crippen LogP contribution in [0.25, 0.3) is 0 Å². The van der Waals surface area contributed by atoms with Gasteiger partial charge in [-0.1, -0.05) is 46.4 Å². The number of aromatic nitrogens is 2. The van der Waals surface area contributed by atoms with E-state index in [4.69, 9.17) is 46.4 Å². The molecule has 17 heavy (non-hydrogen) atoms. The average Bonchev–Trinajstić information content (AvgIpc) is 2.29. The molecule has 0 spiro atoms. The molecule has 0 aliphatic heterocycles. The summed E-state index contributed by atoms with van der Waals surface area (Å²) in [6, 6.07) is 6.71. The molecule has 0 aromatic carbocycles. The molecule has 2 nitrogen and oxygen atoms in total. The number of rotatable bonds is 0. The van der Waals surface area contributed by atoms with Crippen molar-refractivity contribution in [2.75, 3.05) is 0 Å². The van der Waals surface area contributed by atoms with Gasteiger partial charge in [0.1, 0.15) is 14.0 Å². The first kappa shape index (κ1) is 15.2. The van der Waals surface area contributed by atoms with Crippen molar-refractivity contribution in [2.24, 2.45) is 0 Å². The first-order chi connectivity index (χ1) is 7.99. The van der Waals surface area contributed by atoms with Crippen molar-refractivity contribution in [2.45, 2.75) is 0 Å². The molecular weight excluding hydrogens is 417 g/mol. The molecule has 0 saturated carbocycles. The van der Waals surface area contributed by atoms with Gasteiger partial charge in [0.15, 0.2) is 0 Å². The first-order valence-electron chi connectivity index (χ1n) is 4.23. The normalized spacial score (nSPS) is 9.47. The Morgan fingerprint density at radius 2 is 1.53 bits per heavy atom. The van der Waals surface area contributed by atoms with E-state index in [0.717, 1.165) is 3.70 Å². The van der Waals surface area contributed by atoms with Gasteiger partial charge in [-0.15, -0.1) is 0 Å². The lowest BCUT2D eigenvalue weighted by molar-refractivity contribution is 1.27. The second kappa shape index (κ2) is 7.59. The van der Waals surface area contributed by atoms with E-state index in [1.54, 1.807) is 24.3 Å². The summed E-state index contributed by atoms with van der Waals surface area (Å²) in [7, 11) is 0. The van der Waals surface area contributed by atoms with Crippen molar-refractivity contribution in [3.63, 3.8) is 0 Å². The Bertz CT molecular complexity index is 469.